The first-order chi connectivity index (χ1) is 35.2. The van der Waals surface area contributed by atoms with Gasteiger partial charge in [-0.3, -0.25) is 0 Å². The highest BCUT2D eigenvalue weighted by Crippen LogP contribution is 2.64. The Labute approximate surface area is 416 Å². The van der Waals surface area contributed by atoms with E-state index in [1.54, 1.807) is 24.3 Å². The summed E-state index contributed by atoms with van der Waals surface area (Å²) in [6.45, 7) is -1.96. The van der Waals surface area contributed by atoms with Crippen LogP contribution in [0.5, 0.6) is 23.0 Å². The molecular weight excluding hydrogens is 977 g/mol. The van der Waals surface area contributed by atoms with Gasteiger partial charge in [-0.15, -0.1) is 0 Å². The molecule has 8 N–H and O–H groups in total. The zero-order valence-electron chi connectivity index (χ0n) is 39.7. The van der Waals surface area contributed by atoms with Crippen LogP contribution in [0.3, 0.4) is 0 Å². The molecule has 22 atom stereocenters. The molecule has 0 unspecified atom stereocenters. The number of hydrogen-bond acceptors (Lipinski definition) is 25. The number of methoxy groups -OCH3 is 4. The summed E-state index contributed by atoms with van der Waals surface area (Å²) in [4.78, 5) is 27.8. The Balaban J connectivity index is 0.932. The van der Waals surface area contributed by atoms with E-state index in [-0.39, 0.29) is 35.8 Å². The van der Waals surface area contributed by atoms with Gasteiger partial charge in [0.25, 0.3) is 0 Å². The molecule has 2 aliphatic carbocycles. The number of aliphatic hydroxyl groups is 8. The summed E-state index contributed by atoms with van der Waals surface area (Å²) >= 11 is 0. The number of benzene rings is 2. The Kier molecular flexibility index (Phi) is 14.3. The molecule has 8 aliphatic rings. The van der Waals surface area contributed by atoms with Crippen LogP contribution in [0.2, 0.25) is 0 Å². The number of hydrogen-bond donors (Lipinski definition) is 8. The zero-order chi connectivity index (χ0) is 51.7. The van der Waals surface area contributed by atoms with Gasteiger partial charge in [0.15, 0.2) is 35.6 Å². The average Bonchev–Trinajstić information content (AvgIpc) is 4.29. The molecule has 0 aromatic heterocycles. The van der Waals surface area contributed by atoms with Gasteiger partial charge in [-0.25, -0.2) is 9.59 Å². The highest BCUT2D eigenvalue weighted by Gasteiger charge is 2.80. The van der Waals surface area contributed by atoms with Crippen molar-refractivity contribution in [1.29, 1.82) is 0 Å². The van der Waals surface area contributed by atoms with Crippen molar-refractivity contribution < 1.29 is 121 Å². The zero-order valence-corrected chi connectivity index (χ0v) is 39.7. The Morgan fingerprint density at radius 1 is 0.534 bits per heavy atom. The fraction of sp³-hybridized carbons (Fsp3) is 0.625. The minimum Gasteiger partial charge on any atom is -0.493 e. The maximum absolute atomic E-state index is 13.9. The molecule has 73 heavy (non-hydrogen) atoms. The van der Waals surface area contributed by atoms with E-state index in [4.69, 9.17) is 71.1 Å². The minimum atomic E-state index is -1.80. The first-order valence-corrected chi connectivity index (χ1v) is 23.5. The Morgan fingerprint density at radius 3 is 1.30 bits per heavy atom. The highest BCUT2D eigenvalue weighted by molar-refractivity contribution is 5.91. The molecule has 0 spiro atoms. The van der Waals surface area contributed by atoms with E-state index in [0.717, 1.165) is 0 Å². The number of carbonyl (C=O) groups excluding carboxylic acids is 2. The first-order valence-electron chi connectivity index (χ1n) is 23.5. The van der Waals surface area contributed by atoms with Crippen molar-refractivity contribution in [2.45, 2.75) is 110 Å². The third kappa shape index (κ3) is 8.85. The monoisotopic (exact) mass is 1030 g/mol. The SMILES string of the molecule is COc1ccc(C(=O)O[C@H]2[C@@H]3C=CO[C@@H](O[C@@H]4O[C@H](CO)[C@@H](O)[C@H](O)[C@H]4O)[C@@H]3[C@@]3(COC[C@]45O[C@H]4[C@@H](OC(=O)c4ccc(OC)c(OC)c4)[C@@H]4C=CO[C@@H](O[C@@H]6O[C@H](CO)[C@@H](O)[C@H](O)[C@H]6O)[C@@H]45)O[C@@H]23)cc1OC. The largest absolute Gasteiger partial charge is 0.493 e. The van der Waals surface area contributed by atoms with Crippen LogP contribution >= 0.6 is 0 Å². The number of fused-ring (bicyclic) bond motifs is 6. The van der Waals surface area contributed by atoms with Gasteiger partial charge in [0.1, 0.15) is 84.4 Å². The maximum atomic E-state index is 13.9. The number of aliphatic hydroxyl groups excluding tert-OH is 8. The molecular formula is C48H58O25. The van der Waals surface area contributed by atoms with Gasteiger partial charge in [0.2, 0.25) is 12.6 Å². The van der Waals surface area contributed by atoms with E-state index in [9.17, 15) is 50.4 Å². The van der Waals surface area contributed by atoms with Crippen molar-refractivity contribution in [3.63, 3.8) is 0 Å². The number of ether oxygens (including phenoxy) is 15. The van der Waals surface area contributed by atoms with Gasteiger partial charge in [-0.1, -0.05) is 0 Å². The fourth-order valence-corrected chi connectivity index (χ4v) is 11.2. The maximum Gasteiger partial charge on any atom is 0.338 e. The van der Waals surface area contributed by atoms with Gasteiger partial charge < -0.3 is 112 Å². The van der Waals surface area contributed by atoms with Crippen LogP contribution in [-0.2, 0) is 52.1 Å². The summed E-state index contributed by atoms with van der Waals surface area (Å²) in [5.41, 5.74) is -2.45. The number of carbonyl (C=O) groups is 2. The van der Waals surface area contributed by atoms with Crippen LogP contribution in [-0.4, -0.2) is 217 Å². The van der Waals surface area contributed by atoms with E-state index < -0.39 is 158 Å². The van der Waals surface area contributed by atoms with Crippen molar-refractivity contribution in [1.82, 2.24) is 0 Å². The van der Waals surface area contributed by atoms with Crippen LogP contribution in [0, 0.1) is 23.7 Å². The third-order valence-corrected chi connectivity index (χ3v) is 15.1. The average molecular weight is 1030 g/mol. The van der Waals surface area contributed by atoms with Crippen LogP contribution in [0.1, 0.15) is 20.7 Å². The van der Waals surface area contributed by atoms with E-state index in [1.165, 1.54) is 65.2 Å². The highest BCUT2D eigenvalue weighted by atomic mass is 16.8. The summed E-state index contributed by atoms with van der Waals surface area (Å²) in [6, 6.07) is 9.02. The molecule has 25 heteroatoms. The van der Waals surface area contributed by atoms with Crippen LogP contribution in [0.25, 0.3) is 0 Å². The lowest BCUT2D eigenvalue weighted by molar-refractivity contribution is -0.345. The molecule has 0 amide bonds. The first kappa shape index (κ1) is 51.5. The predicted molar refractivity (Wildman–Crippen MR) is 235 cm³/mol. The normalized spacial score (nSPS) is 42.5. The van der Waals surface area contributed by atoms with Gasteiger partial charge in [0.05, 0.1) is 90.4 Å². The molecule has 4 saturated heterocycles. The number of esters is 2. The second kappa shape index (κ2) is 20.3. The quantitative estimate of drug-likeness (QED) is 0.0571. The van der Waals surface area contributed by atoms with E-state index in [1.807, 2.05) is 0 Å². The second-order valence-electron chi connectivity index (χ2n) is 18.9. The summed E-state index contributed by atoms with van der Waals surface area (Å²) in [6.07, 6.45) is -16.8. The lowest BCUT2D eigenvalue weighted by atomic mass is 9.85. The van der Waals surface area contributed by atoms with Crippen molar-refractivity contribution in [3.8, 4) is 23.0 Å². The molecule has 2 aromatic carbocycles. The third-order valence-electron chi connectivity index (χ3n) is 15.1. The molecule has 0 bridgehead atoms. The smallest absolute Gasteiger partial charge is 0.338 e. The summed E-state index contributed by atoms with van der Waals surface area (Å²) < 4.78 is 89.1. The predicted octanol–water partition coefficient (Wildman–Crippen LogP) is -2.37. The van der Waals surface area contributed by atoms with Gasteiger partial charge >= 0.3 is 11.9 Å². The second-order valence-corrected chi connectivity index (χ2v) is 18.9. The topological polar surface area (TPSA) is 341 Å². The van der Waals surface area contributed by atoms with Crippen molar-refractivity contribution >= 4 is 11.9 Å². The fourth-order valence-electron chi connectivity index (χ4n) is 11.2. The molecule has 6 aliphatic heterocycles. The van der Waals surface area contributed by atoms with E-state index in [2.05, 4.69) is 0 Å². The Hall–Kier alpha value is -4.94. The molecule has 0 radical (unpaired) electrons. The lowest BCUT2D eigenvalue weighted by Gasteiger charge is -2.43. The molecule has 6 fully saturated rings. The number of rotatable bonds is 18. The van der Waals surface area contributed by atoms with E-state index in [0.29, 0.717) is 11.5 Å². The van der Waals surface area contributed by atoms with Gasteiger partial charge in [-0.2, -0.15) is 0 Å². The van der Waals surface area contributed by atoms with Crippen LogP contribution in [0.15, 0.2) is 61.1 Å². The Morgan fingerprint density at radius 2 is 0.932 bits per heavy atom. The van der Waals surface area contributed by atoms with E-state index >= 15 is 0 Å². The van der Waals surface area contributed by atoms with Crippen LogP contribution in [0.4, 0.5) is 0 Å². The summed E-state index contributed by atoms with van der Waals surface area (Å²) in [5.74, 6) is -3.33. The van der Waals surface area contributed by atoms with Crippen molar-refractivity contribution in [3.05, 3.63) is 72.2 Å². The Bertz CT molecular complexity index is 2240. The molecule has 2 aromatic rings. The standard InChI is InChI=1S/C48H58O25/c1-59-23-7-5-19(13-25(23)61-3)41(57)68-37-21-9-11-64-43(70-45-35(55)33(53)31(51)27(15-49)66-45)29(21)47(39(37)72-47)17-63-18-48-30-22(10-12-65-44(30)71-46-36(56)34(54)32(52)28(16-50)67-46)38(40(48)73-48)69-42(58)20-6-8-24(60-2)26(14-20)62-4/h5-14,21-22,27-40,43-46,49-56H,15-18H2,1-4H3/t21-,22-,27-,28-,29-,30-,31-,32-,33+,34+,35-,36-,37+,38+,39+,40+,43+,44+,45+,46+,47-,48-/m1/s1. The summed E-state index contributed by atoms with van der Waals surface area (Å²) in [5, 5.41) is 83.9. The number of epoxide rings is 2. The molecule has 10 rings (SSSR count). The minimum absolute atomic E-state index is 0.131. The van der Waals surface area contributed by atoms with Crippen molar-refractivity contribution in [2.24, 2.45) is 23.7 Å². The lowest BCUT2D eigenvalue weighted by Crippen LogP contribution is -2.60. The van der Waals surface area contributed by atoms with Crippen molar-refractivity contribution in [2.75, 3.05) is 54.9 Å². The van der Waals surface area contributed by atoms with Gasteiger partial charge in [-0.05, 0) is 48.6 Å². The summed E-state index contributed by atoms with van der Waals surface area (Å²) in [7, 11) is 5.74. The molecule has 25 nitrogen and oxygen atoms in total. The van der Waals surface area contributed by atoms with Crippen LogP contribution < -0.4 is 18.9 Å². The molecule has 400 valence electrons. The molecule has 2 saturated carbocycles. The van der Waals surface area contributed by atoms with Gasteiger partial charge in [0, 0.05) is 11.8 Å². The molecule has 6 heterocycles.